The van der Waals surface area contributed by atoms with Crippen molar-refractivity contribution in [3.05, 3.63) is 54.2 Å². The van der Waals surface area contributed by atoms with Crippen LogP contribution in [0.25, 0.3) is 0 Å². The van der Waals surface area contributed by atoms with Crippen molar-refractivity contribution in [1.29, 1.82) is 0 Å². The highest BCUT2D eigenvalue weighted by Crippen LogP contribution is 2.17. The van der Waals surface area contributed by atoms with Crippen molar-refractivity contribution in [3.8, 4) is 0 Å². The van der Waals surface area contributed by atoms with Gasteiger partial charge in [0, 0.05) is 38.1 Å². The molecule has 0 atom stereocenters. The Morgan fingerprint density at radius 1 is 1.04 bits per heavy atom. The molecule has 1 saturated heterocycles. The van der Waals surface area contributed by atoms with Gasteiger partial charge in [0.2, 0.25) is 5.91 Å². The Bertz CT molecular complexity index is 784. The van der Waals surface area contributed by atoms with E-state index in [1.807, 2.05) is 42.5 Å². The molecule has 1 aliphatic heterocycles. The monoisotopic (exact) mass is 381 g/mol. The third kappa shape index (κ3) is 5.22. The van der Waals surface area contributed by atoms with Crippen LogP contribution in [0, 0.1) is 0 Å². The van der Waals surface area contributed by atoms with Crippen LogP contribution in [-0.2, 0) is 4.79 Å². The van der Waals surface area contributed by atoms with Crippen LogP contribution in [0.2, 0.25) is 0 Å². The molecule has 3 amide bonds. The second kappa shape index (κ2) is 9.21. The number of nitrogens with zero attached hydrogens (tertiary/aromatic N) is 3. The molecule has 148 valence electrons. The summed E-state index contributed by atoms with van der Waals surface area (Å²) in [6, 6.07) is 13.4. The van der Waals surface area contributed by atoms with Crippen molar-refractivity contribution >= 4 is 23.4 Å². The summed E-state index contributed by atoms with van der Waals surface area (Å²) >= 11 is 0. The molecule has 0 unspecified atom stereocenters. The lowest BCUT2D eigenvalue weighted by molar-refractivity contribution is -0.115. The zero-order valence-corrected chi connectivity index (χ0v) is 16.4. The van der Waals surface area contributed by atoms with Crippen LogP contribution in [0.15, 0.2) is 48.7 Å². The fourth-order valence-electron chi connectivity index (χ4n) is 3.10. The summed E-state index contributed by atoms with van der Waals surface area (Å²) in [5.74, 6) is 1.13. The van der Waals surface area contributed by atoms with Crippen molar-refractivity contribution in [2.75, 3.05) is 42.9 Å². The molecule has 0 saturated carbocycles. The highest BCUT2D eigenvalue weighted by molar-refractivity contribution is 5.94. The van der Waals surface area contributed by atoms with Crippen LogP contribution in [0.3, 0.4) is 0 Å². The number of hydrogen-bond donors (Lipinski definition) is 2. The summed E-state index contributed by atoms with van der Waals surface area (Å²) in [7, 11) is 0. The van der Waals surface area contributed by atoms with E-state index in [0.29, 0.717) is 19.0 Å². The number of anilines is 2. The standard InChI is InChI=1S/C21H27N5O2/c1-16(2)17-6-8-18(9-7-17)24-20(27)15-23-21(28)26-13-11-25(12-14-26)19-5-3-4-10-22-19/h3-10,16H,11-15H2,1-2H3,(H,23,28)(H,24,27). The zero-order valence-electron chi connectivity index (χ0n) is 16.4. The van der Waals surface area contributed by atoms with Gasteiger partial charge in [0.05, 0.1) is 6.54 Å². The Kier molecular flexibility index (Phi) is 6.47. The van der Waals surface area contributed by atoms with Gasteiger partial charge in [-0.1, -0.05) is 32.0 Å². The quantitative estimate of drug-likeness (QED) is 0.835. The molecule has 2 aromatic rings. The second-order valence-corrected chi connectivity index (χ2v) is 7.15. The minimum absolute atomic E-state index is 0.0504. The highest BCUT2D eigenvalue weighted by Gasteiger charge is 2.22. The molecule has 0 aliphatic carbocycles. The average molecular weight is 381 g/mol. The number of urea groups is 1. The summed E-state index contributed by atoms with van der Waals surface area (Å²) in [6.07, 6.45) is 1.77. The number of aromatic nitrogens is 1. The number of carbonyl (C=O) groups excluding carboxylic acids is 2. The summed E-state index contributed by atoms with van der Waals surface area (Å²) in [6.45, 7) is 6.84. The van der Waals surface area contributed by atoms with Crippen LogP contribution in [0.4, 0.5) is 16.3 Å². The van der Waals surface area contributed by atoms with Crippen molar-refractivity contribution < 1.29 is 9.59 Å². The predicted octanol–water partition coefficient (Wildman–Crippen LogP) is 2.68. The molecule has 0 spiro atoms. The molecule has 1 fully saturated rings. The van der Waals surface area contributed by atoms with Gasteiger partial charge in [0.15, 0.2) is 0 Å². The van der Waals surface area contributed by atoms with Crippen molar-refractivity contribution in [3.63, 3.8) is 0 Å². The Morgan fingerprint density at radius 2 is 1.75 bits per heavy atom. The van der Waals surface area contributed by atoms with E-state index in [0.717, 1.165) is 24.6 Å². The molecular formula is C21H27N5O2. The molecule has 7 heteroatoms. The SMILES string of the molecule is CC(C)c1ccc(NC(=O)CNC(=O)N2CCN(c3ccccn3)CC2)cc1. The van der Waals surface area contributed by atoms with Crippen molar-refractivity contribution in [2.45, 2.75) is 19.8 Å². The molecule has 3 rings (SSSR count). The third-order valence-corrected chi connectivity index (χ3v) is 4.80. The third-order valence-electron chi connectivity index (χ3n) is 4.80. The molecule has 0 radical (unpaired) electrons. The summed E-state index contributed by atoms with van der Waals surface area (Å²) in [5, 5.41) is 5.50. The number of hydrogen-bond acceptors (Lipinski definition) is 4. The fourth-order valence-corrected chi connectivity index (χ4v) is 3.10. The first kappa shape index (κ1) is 19.7. The fraction of sp³-hybridized carbons (Fsp3) is 0.381. The first-order valence-electron chi connectivity index (χ1n) is 9.61. The molecule has 0 bridgehead atoms. The lowest BCUT2D eigenvalue weighted by Crippen LogP contribution is -2.52. The first-order valence-corrected chi connectivity index (χ1v) is 9.61. The number of pyridine rings is 1. The van der Waals surface area contributed by atoms with Crippen LogP contribution < -0.4 is 15.5 Å². The lowest BCUT2D eigenvalue weighted by atomic mass is 10.0. The van der Waals surface area contributed by atoms with Gasteiger partial charge in [0.1, 0.15) is 5.82 Å². The Labute approximate surface area is 165 Å². The highest BCUT2D eigenvalue weighted by atomic mass is 16.2. The van der Waals surface area contributed by atoms with Crippen molar-refractivity contribution in [1.82, 2.24) is 15.2 Å². The maximum absolute atomic E-state index is 12.3. The van der Waals surface area contributed by atoms with Gasteiger partial charge in [-0.15, -0.1) is 0 Å². The zero-order chi connectivity index (χ0) is 19.9. The maximum Gasteiger partial charge on any atom is 0.317 e. The molecule has 1 aliphatic rings. The second-order valence-electron chi connectivity index (χ2n) is 7.15. The van der Waals surface area contributed by atoms with Gasteiger partial charge in [-0.3, -0.25) is 4.79 Å². The smallest absolute Gasteiger partial charge is 0.317 e. The number of nitrogens with one attached hydrogen (secondary N) is 2. The van der Waals surface area contributed by atoms with Crippen LogP contribution in [0.1, 0.15) is 25.3 Å². The summed E-state index contributed by atoms with van der Waals surface area (Å²) in [4.78, 5) is 32.6. The van der Waals surface area contributed by atoms with E-state index < -0.39 is 0 Å². The number of rotatable bonds is 5. The van der Waals surface area contributed by atoms with Gasteiger partial charge < -0.3 is 20.4 Å². The van der Waals surface area contributed by atoms with Crippen LogP contribution in [-0.4, -0.2) is 54.5 Å². The summed E-state index contributed by atoms with van der Waals surface area (Å²) in [5.41, 5.74) is 1.95. The van der Waals surface area contributed by atoms with Gasteiger partial charge >= 0.3 is 6.03 Å². The van der Waals surface area contributed by atoms with E-state index in [1.165, 1.54) is 5.56 Å². The van der Waals surface area contributed by atoms with E-state index in [1.54, 1.807) is 11.1 Å². The Balaban J connectivity index is 1.41. The molecule has 7 nitrogen and oxygen atoms in total. The summed E-state index contributed by atoms with van der Waals surface area (Å²) < 4.78 is 0. The number of piperazine rings is 1. The molecule has 1 aromatic heterocycles. The largest absolute Gasteiger partial charge is 0.353 e. The molecular weight excluding hydrogens is 354 g/mol. The first-order chi connectivity index (χ1) is 13.5. The van der Waals surface area contributed by atoms with Crippen LogP contribution >= 0.6 is 0 Å². The predicted molar refractivity (Wildman–Crippen MR) is 111 cm³/mol. The van der Waals surface area contributed by atoms with E-state index in [9.17, 15) is 9.59 Å². The molecule has 28 heavy (non-hydrogen) atoms. The number of benzene rings is 1. The van der Waals surface area contributed by atoms with E-state index in [-0.39, 0.29) is 18.5 Å². The minimum Gasteiger partial charge on any atom is -0.353 e. The van der Waals surface area contributed by atoms with Crippen LogP contribution in [0.5, 0.6) is 0 Å². The topological polar surface area (TPSA) is 77.6 Å². The van der Waals surface area contributed by atoms with Crippen molar-refractivity contribution in [2.24, 2.45) is 0 Å². The molecule has 2 N–H and O–H groups in total. The van der Waals surface area contributed by atoms with E-state index in [2.05, 4.69) is 34.4 Å². The van der Waals surface area contributed by atoms with E-state index >= 15 is 0 Å². The Morgan fingerprint density at radius 3 is 2.36 bits per heavy atom. The average Bonchev–Trinajstić information content (AvgIpc) is 2.73. The van der Waals surface area contributed by atoms with E-state index in [4.69, 9.17) is 0 Å². The number of amides is 3. The number of carbonyl (C=O) groups is 2. The molecule has 2 heterocycles. The van der Waals surface area contributed by atoms with Gasteiger partial charge in [0.25, 0.3) is 0 Å². The maximum atomic E-state index is 12.3. The van der Waals surface area contributed by atoms with Gasteiger partial charge in [-0.2, -0.15) is 0 Å². The molecule has 1 aromatic carbocycles. The normalized spacial score (nSPS) is 14.1. The Hall–Kier alpha value is -3.09. The van der Waals surface area contributed by atoms with Gasteiger partial charge in [-0.25, -0.2) is 9.78 Å². The van der Waals surface area contributed by atoms with Gasteiger partial charge in [-0.05, 0) is 35.7 Å². The minimum atomic E-state index is -0.238. The lowest BCUT2D eigenvalue weighted by Gasteiger charge is -2.35.